The van der Waals surface area contributed by atoms with Gasteiger partial charge in [-0.25, -0.2) is 0 Å². The fraction of sp³-hybridized carbons (Fsp3) is 0.500. The number of rotatable bonds is 3. The largest absolute Gasteiger partial charge is 0.391 e. The van der Waals surface area contributed by atoms with Crippen molar-refractivity contribution in [2.45, 2.75) is 18.9 Å². The second-order valence-electron chi connectivity index (χ2n) is 4.23. The van der Waals surface area contributed by atoms with Gasteiger partial charge in [-0.05, 0) is 30.0 Å². The molecule has 1 aromatic rings. The Morgan fingerprint density at radius 3 is 3.07 bits per heavy atom. The fourth-order valence-electron chi connectivity index (χ4n) is 2.10. The van der Waals surface area contributed by atoms with Crippen LogP contribution in [0.1, 0.15) is 11.1 Å². The van der Waals surface area contributed by atoms with Gasteiger partial charge >= 0.3 is 0 Å². The molecular formula is C12H18N2O. The lowest BCUT2D eigenvalue weighted by atomic mass is 10.0. The van der Waals surface area contributed by atoms with Crippen molar-refractivity contribution in [3.63, 3.8) is 0 Å². The van der Waals surface area contributed by atoms with Gasteiger partial charge in [-0.2, -0.15) is 0 Å². The van der Waals surface area contributed by atoms with Crippen LogP contribution in [0.2, 0.25) is 0 Å². The zero-order valence-corrected chi connectivity index (χ0v) is 9.11. The second kappa shape index (κ2) is 4.21. The summed E-state index contributed by atoms with van der Waals surface area (Å²) in [5.74, 6) is 0. The molecule has 3 nitrogen and oxygen atoms in total. The Morgan fingerprint density at radius 1 is 1.53 bits per heavy atom. The van der Waals surface area contributed by atoms with Gasteiger partial charge in [-0.1, -0.05) is 12.1 Å². The molecule has 0 saturated heterocycles. The summed E-state index contributed by atoms with van der Waals surface area (Å²) in [6.45, 7) is 1.43. The van der Waals surface area contributed by atoms with Gasteiger partial charge in [-0.3, -0.25) is 0 Å². The highest BCUT2D eigenvalue weighted by Gasteiger charge is 2.15. The zero-order chi connectivity index (χ0) is 10.8. The van der Waals surface area contributed by atoms with Crippen molar-refractivity contribution in [1.82, 2.24) is 0 Å². The Labute approximate surface area is 90.5 Å². The number of anilines is 1. The predicted octanol–water partition coefficient (Wildman–Crippen LogP) is 0.541. The average molecular weight is 206 g/mol. The van der Waals surface area contributed by atoms with Crippen molar-refractivity contribution in [3.05, 3.63) is 29.3 Å². The number of nitrogens with zero attached hydrogens (tertiary/aromatic N) is 1. The lowest BCUT2D eigenvalue weighted by Gasteiger charge is -2.13. The quantitative estimate of drug-likeness (QED) is 0.759. The minimum Gasteiger partial charge on any atom is -0.391 e. The topological polar surface area (TPSA) is 49.5 Å². The van der Waals surface area contributed by atoms with E-state index in [0.29, 0.717) is 13.0 Å². The van der Waals surface area contributed by atoms with Crippen LogP contribution < -0.4 is 10.6 Å². The van der Waals surface area contributed by atoms with E-state index in [2.05, 4.69) is 30.1 Å². The van der Waals surface area contributed by atoms with Gasteiger partial charge in [0.25, 0.3) is 0 Å². The number of hydrogen-bond donors (Lipinski definition) is 2. The smallest absolute Gasteiger partial charge is 0.0702 e. The molecule has 0 aliphatic carbocycles. The van der Waals surface area contributed by atoms with Crippen molar-refractivity contribution in [3.8, 4) is 0 Å². The molecule has 1 aliphatic heterocycles. The van der Waals surface area contributed by atoms with E-state index in [-0.39, 0.29) is 0 Å². The molecule has 1 unspecified atom stereocenters. The minimum absolute atomic E-state index is 0.330. The number of aliphatic hydroxyl groups excluding tert-OH is 1. The molecule has 82 valence electrons. The van der Waals surface area contributed by atoms with Gasteiger partial charge < -0.3 is 15.7 Å². The number of benzene rings is 1. The molecule has 3 N–H and O–H groups in total. The van der Waals surface area contributed by atoms with E-state index in [9.17, 15) is 5.11 Å². The summed E-state index contributed by atoms with van der Waals surface area (Å²) in [4.78, 5) is 2.26. The van der Waals surface area contributed by atoms with Crippen LogP contribution in [0.5, 0.6) is 0 Å². The van der Waals surface area contributed by atoms with E-state index in [1.54, 1.807) is 0 Å². The van der Waals surface area contributed by atoms with Crippen LogP contribution in [-0.2, 0) is 12.8 Å². The van der Waals surface area contributed by atoms with Crippen LogP contribution in [-0.4, -0.2) is 31.3 Å². The molecule has 3 heteroatoms. The second-order valence-corrected chi connectivity index (χ2v) is 4.23. The van der Waals surface area contributed by atoms with Gasteiger partial charge in [0.15, 0.2) is 0 Å². The van der Waals surface area contributed by atoms with Crippen LogP contribution in [0.4, 0.5) is 5.69 Å². The first kappa shape index (κ1) is 10.5. The summed E-state index contributed by atoms with van der Waals surface area (Å²) >= 11 is 0. The first-order valence-electron chi connectivity index (χ1n) is 5.42. The van der Waals surface area contributed by atoms with Crippen LogP contribution in [0.15, 0.2) is 18.2 Å². The summed E-state index contributed by atoms with van der Waals surface area (Å²) in [7, 11) is 2.11. The van der Waals surface area contributed by atoms with Crippen molar-refractivity contribution in [1.29, 1.82) is 0 Å². The molecule has 0 spiro atoms. The van der Waals surface area contributed by atoms with Gasteiger partial charge in [0.05, 0.1) is 6.10 Å². The zero-order valence-electron chi connectivity index (χ0n) is 9.11. The number of hydrogen-bond acceptors (Lipinski definition) is 3. The highest BCUT2D eigenvalue weighted by molar-refractivity contribution is 5.58. The Morgan fingerprint density at radius 2 is 2.33 bits per heavy atom. The van der Waals surface area contributed by atoms with Crippen LogP contribution >= 0.6 is 0 Å². The SMILES string of the molecule is CN1CCc2cc(CC(O)CN)ccc21. The van der Waals surface area contributed by atoms with E-state index in [4.69, 9.17) is 5.73 Å². The third kappa shape index (κ3) is 2.13. The molecule has 0 saturated carbocycles. The maximum atomic E-state index is 9.48. The molecule has 0 amide bonds. The number of likely N-dealkylation sites (N-methyl/N-ethyl adjacent to an activating group) is 1. The average Bonchev–Trinajstić information content (AvgIpc) is 2.60. The highest BCUT2D eigenvalue weighted by Crippen LogP contribution is 2.27. The van der Waals surface area contributed by atoms with Gasteiger partial charge in [0.1, 0.15) is 0 Å². The molecule has 0 fully saturated rings. The number of aliphatic hydroxyl groups is 1. The monoisotopic (exact) mass is 206 g/mol. The third-order valence-corrected chi connectivity index (χ3v) is 3.02. The summed E-state index contributed by atoms with van der Waals surface area (Å²) in [6, 6.07) is 6.41. The van der Waals surface area contributed by atoms with Crippen molar-refractivity contribution >= 4 is 5.69 Å². The molecule has 0 radical (unpaired) electrons. The first-order chi connectivity index (χ1) is 7.20. The van der Waals surface area contributed by atoms with Gasteiger partial charge in [0.2, 0.25) is 0 Å². The number of fused-ring (bicyclic) bond motifs is 1. The normalized spacial score (nSPS) is 16.6. The van der Waals surface area contributed by atoms with Crippen LogP contribution in [0.25, 0.3) is 0 Å². The molecule has 1 heterocycles. The van der Waals surface area contributed by atoms with Gasteiger partial charge in [0, 0.05) is 25.8 Å². The number of nitrogens with two attached hydrogens (primary N) is 1. The molecule has 1 aromatic carbocycles. The fourth-order valence-corrected chi connectivity index (χ4v) is 2.10. The van der Waals surface area contributed by atoms with Crippen molar-refractivity contribution in [2.75, 3.05) is 25.0 Å². The molecule has 2 rings (SSSR count). The molecule has 1 atom stereocenters. The van der Waals surface area contributed by atoms with E-state index in [1.807, 2.05) is 0 Å². The lowest BCUT2D eigenvalue weighted by molar-refractivity contribution is 0.183. The Balaban J connectivity index is 2.16. The summed E-state index contributed by atoms with van der Waals surface area (Å²) in [6.07, 6.45) is 1.36. The Bertz CT molecular complexity index is 351. The minimum atomic E-state index is -0.415. The Kier molecular flexibility index (Phi) is 2.93. The standard InChI is InChI=1S/C12H18N2O/c1-14-5-4-10-6-9(2-3-12(10)14)7-11(15)8-13/h2-3,6,11,15H,4-5,7-8,13H2,1H3. The first-order valence-corrected chi connectivity index (χ1v) is 5.42. The van der Waals surface area contributed by atoms with Crippen LogP contribution in [0.3, 0.4) is 0 Å². The highest BCUT2D eigenvalue weighted by atomic mass is 16.3. The predicted molar refractivity (Wildman–Crippen MR) is 62.2 cm³/mol. The molecule has 15 heavy (non-hydrogen) atoms. The maximum absolute atomic E-state index is 9.48. The van der Waals surface area contributed by atoms with Gasteiger partial charge in [-0.15, -0.1) is 0 Å². The van der Waals surface area contributed by atoms with E-state index in [1.165, 1.54) is 16.8 Å². The van der Waals surface area contributed by atoms with Crippen molar-refractivity contribution < 1.29 is 5.11 Å². The van der Waals surface area contributed by atoms with Crippen LogP contribution in [0, 0.1) is 0 Å². The molecule has 0 bridgehead atoms. The van der Waals surface area contributed by atoms with E-state index < -0.39 is 6.10 Å². The summed E-state index contributed by atoms with van der Waals surface area (Å²) < 4.78 is 0. The third-order valence-electron chi connectivity index (χ3n) is 3.02. The summed E-state index contributed by atoms with van der Waals surface area (Å²) in [5.41, 5.74) is 9.29. The summed E-state index contributed by atoms with van der Waals surface area (Å²) in [5, 5.41) is 9.48. The Hall–Kier alpha value is -1.06. The van der Waals surface area contributed by atoms with E-state index >= 15 is 0 Å². The molecular weight excluding hydrogens is 188 g/mol. The maximum Gasteiger partial charge on any atom is 0.0702 e. The van der Waals surface area contributed by atoms with E-state index in [0.717, 1.165) is 13.0 Å². The lowest BCUT2D eigenvalue weighted by Crippen LogP contribution is -2.22. The molecule has 0 aromatic heterocycles. The molecule has 1 aliphatic rings. The van der Waals surface area contributed by atoms with Crippen molar-refractivity contribution in [2.24, 2.45) is 5.73 Å².